The molecule has 0 aliphatic rings. The second-order valence-electron chi connectivity index (χ2n) is 3.09. The Balaban J connectivity index is 2.32. The number of hydrogen-bond acceptors (Lipinski definition) is 2. The zero-order chi connectivity index (χ0) is 9.97. The molecule has 0 amide bonds. The molecule has 1 unspecified atom stereocenters. The van der Waals surface area contributed by atoms with Crippen molar-refractivity contribution in [3.8, 4) is 0 Å². The molecule has 1 heterocycles. The van der Waals surface area contributed by atoms with Crippen molar-refractivity contribution in [3.05, 3.63) is 56.7 Å². The predicted octanol–water partition coefficient (Wildman–Crippen LogP) is 3.56. The van der Waals surface area contributed by atoms with Crippen LogP contribution in [0.15, 0.2) is 45.6 Å². The number of halogens is 1. The van der Waals surface area contributed by atoms with E-state index in [4.69, 9.17) is 5.73 Å². The summed E-state index contributed by atoms with van der Waals surface area (Å²) in [6, 6.07) is 10.2. The monoisotopic (exact) mass is 267 g/mol. The highest BCUT2D eigenvalue weighted by molar-refractivity contribution is 9.10. The average Bonchev–Trinajstić information content (AvgIpc) is 2.69. The molecule has 1 nitrogen and oxygen atoms in total. The maximum absolute atomic E-state index is 6.12. The number of nitrogens with two attached hydrogens (primary N) is 1. The lowest BCUT2D eigenvalue weighted by atomic mass is 10.0. The summed E-state index contributed by atoms with van der Waals surface area (Å²) < 4.78 is 1.07. The van der Waals surface area contributed by atoms with Crippen molar-refractivity contribution >= 4 is 27.3 Å². The van der Waals surface area contributed by atoms with Crippen LogP contribution >= 0.6 is 27.3 Å². The molecule has 0 radical (unpaired) electrons. The van der Waals surface area contributed by atoms with Gasteiger partial charge in [-0.3, -0.25) is 0 Å². The molecule has 0 saturated heterocycles. The third kappa shape index (κ3) is 2.05. The smallest absolute Gasteiger partial charge is 0.0560 e. The van der Waals surface area contributed by atoms with E-state index in [1.807, 2.05) is 23.6 Å². The third-order valence-electron chi connectivity index (χ3n) is 2.11. The lowest BCUT2D eigenvalue weighted by Gasteiger charge is -2.10. The van der Waals surface area contributed by atoms with Crippen molar-refractivity contribution in [3.63, 3.8) is 0 Å². The Morgan fingerprint density at radius 2 is 2.07 bits per heavy atom. The first-order valence-electron chi connectivity index (χ1n) is 4.30. The van der Waals surface area contributed by atoms with Gasteiger partial charge in [0.2, 0.25) is 0 Å². The van der Waals surface area contributed by atoms with Crippen LogP contribution in [0.5, 0.6) is 0 Å². The van der Waals surface area contributed by atoms with Gasteiger partial charge in [-0.2, -0.15) is 11.3 Å². The Kier molecular flexibility index (Phi) is 3.01. The number of thiophene rings is 1. The zero-order valence-corrected chi connectivity index (χ0v) is 9.88. The molecule has 2 N–H and O–H groups in total. The fourth-order valence-electron chi connectivity index (χ4n) is 1.34. The summed E-state index contributed by atoms with van der Waals surface area (Å²) in [5.41, 5.74) is 8.43. The zero-order valence-electron chi connectivity index (χ0n) is 7.48. The molecular formula is C11H10BrNS. The Hall–Kier alpha value is -0.640. The van der Waals surface area contributed by atoms with Crippen molar-refractivity contribution < 1.29 is 0 Å². The number of rotatable bonds is 2. The largest absolute Gasteiger partial charge is 0.320 e. The summed E-state index contributed by atoms with van der Waals surface area (Å²) in [6.45, 7) is 0. The molecule has 0 aliphatic carbocycles. The van der Waals surface area contributed by atoms with Gasteiger partial charge in [-0.1, -0.05) is 28.1 Å². The maximum Gasteiger partial charge on any atom is 0.0560 e. The van der Waals surface area contributed by atoms with Crippen molar-refractivity contribution in [2.75, 3.05) is 0 Å². The predicted molar refractivity (Wildman–Crippen MR) is 64.5 cm³/mol. The Bertz CT molecular complexity index is 411. The van der Waals surface area contributed by atoms with E-state index in [0.29, 0.717) is 0 Å². The lowest BCUT2D eigenvalue weighted by Crippen LogP contribution is -2.10. The van der Waals surface area contributed by atoms with Gasteiger partial charge in [0.15, 0.2) is 0 Å². The molecule has 0 fully saturated rings. The van der Waals surface area contributed by atoms with Gasteiger partial charge in [0, 0.05) is 4.47 Å². The lowest BCUT2D eigenvalue weighted by molar-refractivity contribution is 0.876. The van der Waals surface area contributed by atoms with Gasteiger partial charge in [0.25, 0.3) is 0 Å². The number of hydrogen-bond donors (Lipinski definition) is 1. The summed E-state index contributed by atoms with van der Waals surface area (Å²) in [7, 11) is 0. The molecular weight excluding hydrogens is 258 g/mol. The van der Waals surface area contributed by atoms with E-state index in [9.17, 15) is 0 Å². The minimum atomic E-state index is -0.0150. The van der Waals surface area contributed by atoms with Gasteiger partial charge in [-0.05, 0) is 40.1 Å². The van der Waals surface area contributed by atoms with Gasteiger partial charge in [-0.25, -0.2) is 0 Å². The second kappa shape index (κ2) is 4.26. The van der Waals surface area contributed by atoms with Gasteiger partial charge in [0.05, 0.1) is 6.04 Å². The first-order chi connectivity index (χ1) is 6.77. The first-order valence-corrected chi connectivity index (χ1v) is 6.04. The van der Waals surface area contributed by atoms with Crippen LogP contribution in [0.4, 0.5) is 0 Å². The number of benzene rings is 1. The summed E-state index contributed by atoms with van der Waals surface area (Å²) in [6.07, 6.45) is 0. The average molecular weight is 268 g/mol. The van der Waals surface area contributed by atoms with E-state index in [1.54, 1.807) is 11.3 Å². The first kappa shape index (κ1) is 9.90. The van der Waals surface area contributed by atoms with Crippen molar-refractivity contribution in [2.24, 2.45) is 5.73 Å². The van der Waals surface area contributed by atoms with E-state index in [2.05, 4.69) is 33.4 Å². The fourth-order valence-corrected chi connectivity index (χ4v) is 2.46. The Morgan fingerprint density at radius 1 is 1.21 bits per heavy atom. The maximum atomic E-state index is 6.12. The standard InChI is InChI=1S/C11H10BrNS/c12-10-3-1-2-8(6-10)11(13)9-4-5-14-7-9/h1-7,11H,13H2. The van der Waals surface area contributed by atoms with Crippen LogP contribution in [-0.2, 0) is 0 Å². The van der Waals surface area contributed by atoms with Gasteiger partial charge < -0.3 is 5.73 Å². The normalized spacial score (nSPS) is 12.7. The molecule has 72 valence electrons. The SMILES string of the molecule is NC(c1ccsc1)c1cccc(Br)c1. The van der Waals surface area contributed by atoms with Gasteiger partial charge in [0.1, 0.15) is 0 Å². The molecule has 0 spiro atoms. The van der Waals surface area contributed by atoms with Gasteiger partial charge >= 0.3 is 0 Å². The van der Waals surface area contributed by atoms with Crippen LogP contribution < -0.4 is 5.73 Å². The van der Waals surface area contributed by atoms with Crippen molar-refractivity contribution in [1.82, 2.24) is 0 Å². The summed E-state index contributed by atoms with van der Waals surface area (Å²) in [5, 5.41) is 4.14. The van der Waals surface area contributed by atoms with E-state index in [-0.39, 0.29) is 6.04 Å². The summed E-state index contributed by atoms with van der Waals surface area (Å²) >= 11 is 5.12. The van der Waals surface area contributed by atoms with Crippen molar-refractivity contribution in [1.29, 1.82) is 0 Å². The molecule has 0 saturated carbocycles. The topological polar surface area (TPSA) is 26.0 Å². The summed E-state index contributed by atoms with van der Waals surface area (Å²) in [4.78, 5) is 0. The van der Waals surface area contributed by atoms with Crippen LogP contribution in [-0.4, -0.2) is 0 Å². The van der Waals surface area contributed by atoms with Crippen LogP contribution in [0.2, 0.25) is 0 Å². The minimum Gasteiger partial charge on any atom is -0.320 e. The molecule has 1 aromatic heterocycles. The Morgan fingerprint density at radius 3 is 2.71 bits per heavy atom. The third-order valence-corrected chi connectivity index (χ3v) is 3.30. The van der Waals surface area contributed by atoms with Crippen LogP contribution in [0.3, 0.4) is 0 Å². The van der Waals surface area contributed by atoms with Crippen LogP contribution in [0.25, 0.3) is 0 Å². The molecule has 1 aromatic carbocycles. The Labute approximate surface area is 95.7 Å². The fraction of sp³-hybridized carbons (Fsp3) is 0.0909. The quantitative estimate of drug-likeness (QED) is 0.885. The molecule has 1 atom stereocenters. The highest BCUT2D eigenvalue weighted by Crippen LogP contribution is 2.23. The van der Waals surface area contributed by atoms with E-state index in [0.717, 1.165) is 10.0 Å². The molecule has 0 aliphatic heterocycles. The molecule has 3 heteroatoms. The minimum absolute atomic E-state index is 0.0150. The molecule has 14 heavy (non-hydrogen) atoms. The van der Waals surface area contributed by atoms with E-state index >= 15 is 0 Å². The molecule has 2 aromatic rings. The highest BCUT2D eigenvalue weighted by Gasteiger charge is 2.08. The highest BCUT2D eigenvalue weighted by atomic mass is 79.9. The molecule has 0 bridgehead atoms. The van der Waals surface area contributed by atoms with Crippen LogP contribution in [0, 0.1) is 0 Å². The van der Waals surface area contributed by atoms with E-state index in [1.165, 1.54) is 5.56 Å². The van der Waals surface area contributed by atoms with Crippen LogP contribution in [0.1, 0.15) is 17.2 Å². The van der Waals surface area contributed by atoms with Crippen molar-refractivity contribution in [2.45, 2.75) is 6.04 Å². The summed E-state index contributed by atoms with van der Waals surface area (Å²) in [5.74, 6) is 0. The van der Waals surface area contributed by atoms with E-state index < -0.39 is 0 Å². The second-order valence-corrected chi connectivity index (χ2v) is 4.79. The van der Waals surface area contributed by atoms with Gasteiger partial charge in [-0.15, -0.1) is 0 Å². The molecule has 2 rings (SSSR count).